The molecular weight excluding hydrogens is 281 g/mol. The smallest absolute Gasteiger partial charge is 0.278 e. The van der Waals surface area contributed by atoms with Crippen LogP contribution in [0.25, 0.3) is 0 Å². The predicted molar refractivity (Wildman–Crippen MR) is 85.1 cm³/mol. The zero-order chi connectivity index (χ0) is 15.7. The van der Waals surface area contributed by atoms with E-state index in [1.54, 1.807) is 17.0 Å². The standard InChI is InChI=1S/C17H16FN3O/c1-20(2)11-21-15-9-4-3-8-14(15)16(17(21)22)19-13-7-5-6-12(18)10-13/h3-10H,11H2,1-2H3. The molecule has 0 aromatic heterocycles. The monoisotopic (exact) mass is 297 g/mol. The average molecular weight is 297 g/mol. The van der Waals surface area contributed by atoms with Crippen molar-refractivity contribution in [3.63, 3.8) is 0 Å². The van der Waals surface area contributed by atoms with Crippen molar-refractivity contribution in [2.24, 2.45) is 4.99 Å². The average Bonchev–Trinajstić information content (AvgIpc) is 2.73. The van der Waals surface area contributed by atoms with E-state index < -0.39 is 0 Å². The van der Waals surface area contributed by atoms with E-state index in [2.05, 4.69) is 4.99 Å². The third-order valence-corrected chi connectivity index (χ3v) is 3.37. The molecule has 0 saturated carbocycles. The summed E-state index contributed by atoms with van der Waals surface area (Å²) in [5.41, 5.74) is 2.39. The van der Waals surface area contributed by atoms with Crippen LogP contribution in [-0.2, 0) is 4.79 Å². The Balaban J connectivity index is 2.07. The molecule has 0 unspecified atom stereocenters. The normalized spacial score (nSPS) is 15.7. The summed E-state index contributed by atoms with van der Waals surface area (Å²) in [5.74, 6) is -0.537. The summed E-state index contributed by atoms with van der Waals surface area (Å²) in [4.78, 5) is 20.6. The maximum atomic E-state index is 13.3. The molecule has 4 nitrogen and oxygen atoms in total. The first kappa shape index (κ1) is 14.4. The lowest BCUT2D eigenvalue weighted by molar-refractivity contribution is -0.112. The molecule has 1 amide bonds. The number of carbonyl (C=O) groups is 1. The number of rotatable bonds is 3. The highest BCUT2D eigenvalue weighted by Gasteiger charge is 2.33. The topological polar surface area (TPSA) is 35.9 Å². The minimum absolute atomic E-state index is 0.167. The summed E-state index contributed by atoms with van der Waals surface area (Å²) >= 11 is 0. The Morgan fingerprint density at radius 2 is 1.91 bits per heavy atom. The number of benzene rings is 2. The van der Waals surface area contributed by atoms with Gasteiger partial charge < -0.3 is 0 Å². The van der Waals surface area contributed by atoms with Crippen molar-refractivity contribution >= 4 is 23.0 Å². The summed E-state index contributed by atoms with van der Waals surface area (Å²) in [6.07, 6.45) is 0. The van der Waals surface area contributed by atoms with E-state index in [1.165, 1.54) is 12.1 Å². The zero-order valence-corrected chi connectivity index (χ0v) is 12.5. The lowest BCUT2D eigenvalue weighted by Gasteiger charge is -2.21. The van der Waals surface area contributed by atoms with Crippen LogP contribution in [0, 0.1) is 5.82 Å². The van der Waals surface area contributed by atoms with Crippen molar-refractivity contribution in [3.05, 3.63) is 59.9 Å². The molecule has 0 N–H and O–H groups in total. The van der Waals surface area contributed by atoms with Crippen molar-refractivity contribution in [1.29, 1.82) is 0 Å². The quantitative estimate of drug-likeness (QED) is 0.873. The van der Waals surface area contributed by atoms with Crippen LogP contribution in [0.1, 0.15) is 5.56 Å². The van der Waals surface area contributed by atoms with Crippen LogP contribution in [0.15, 0.2) is 53.5 Å². The Morgan fingerprint density at radius 3 is 2.64 bits per heavy atom. The molecule has 0 bridgehead atoms. The molecule has 22 heavy (non-hydrogen) atoms. The van der Waals surface area contributed by atoms with E-state index >= 15 is 0 Å². The van der Waals surface area contributed by atoms with Gasteiger partial charge in [-0.1, -0.05) is 24.3 Å². The van der Waals surface area contributed by atoms with Gasteiger partial charge in [0.05, 0.1) is 18.0 Å². The molecule has 0 spiro atoms. The number of halogens is 1. The summed E-state index contributed by atoms with van der Waals surface area (Å²) in [6.45, 7) is 0.470. The Bertz CT molecular complexity index is 755. The Morgan fingerprint density at radius 1 is 1.14 bits per heavy atom. The van der Waals surface area contributed by atoms with Gasteiger partial charge in [-0.3, -0.25) is 14.6 Å². The van der Waals surface area contributed by atoms with Crippen molar-refractivity contribution in [2.45, 2.75) is 0 Å². The minimum Gasteiger partial charge on any atom is -0.293 e. The number of nitrogens with zero attached hydrogens (tertiary/aromatic N) is 3. The van der Waals surface area contributed by atoms with Crippen LogP contribution in [-0.4, -0.2) is 37.3 Å². The van der Waals surface area contributed by atoms with Gasteiger partial charge in [0.2, 0.25) is 0 Å². The van der Waals surface area contributed by atoms with Crippen molar-refractivity contribution < 1.29 is 9.18 Å². The van der Waals surface area contributed by atoms with Gasteiger partial charge in [0.15, 0.2) is 0 Å². The molecule has 0 radical (unpaired) electrons. The lowest BCUT2D eigenvalue weighted by Crippen LogP contribution is -2.37. The number of fused-ring (bicyclic) bond motifs is 1. The molecule has 1 aliphatic heterocycles. The molecule has 5 heteroatoms. The van der Waals surface area contributed by atoms with Gasteiger partial charge in [-0.15, -0.1) is 0 Å². The molecule has 112 valence electrons. The third kappa shape index (κ3) is 2.63. The number of para-hydroxylation sites is 1. The molecule has 0 fully saturated rings. The van der Waals surface area contributed by atoms with E-state index in [1.807, 2.05) is 43.3 Å². The summed E-state index contributed by atoms with van der Waals surface area (Å²) in [7, 11) is 3.80. The molecule has 1 heterocycles. The summed E-state index contributed by atoms with van der Waals surface area (Å²) in [5, 5.41) is 0. The van der Waals surface area contributed by atoms with Crippen LogP contribution in [0.2, 0.25) is 0 Å². The molecule has 2 aromatic carbocycles. The fourth-order valence-electron chi connectivity index (χ4n) is 2.47. The maximum Gasteiger partial charge on any atom is 0.278 e. The molecule has 0 atom stereocenters. The largest absolute Gasteiger partial charge is 0.293 e. The first-order chi connectivity index (χ1) is 10.6. The maximum absolute atomic E-state index is 13.3. The van der Waals surface area contributed by atoms with Gasteiger partial charge in [-0.2, -0.15) is 0 Å². The number of amides is 1. The summed E-state index contributed by atoms with van der Waals surface area (Å²) in [6, 6.07) is 13.4. The SMILES string of the molecule is CN(C)CN1C(=O)C(=Nc2cccc(F)c2)c2ccccc21. The van der Waals surface area contributed by atoms with E-state index in [4.69, 9.17) is 0 Å². The van der Waals surface area contributed by atoms with Crippen LogP contribution < -0.4 is 4.90 Å². The second kappa shape index (κ2) is 5.69. The van der Waals surface area contributed by atoms with Crippen LogP contribution >= 0.6 is 0 Å². The molecule has 0 aliphatic carbocycles. The van der Waals surface area contributed by atoms with Crippen LogP contribution in [0.4, 0.5) is 15.8 Å². The van der Waals surface area contributed by atoms with Gasteiger partial charge in [0.25, 0.3) is 5.91 Å². The zero-order valence-electron chi connectivity index (χ0n) is 12.5. The number of aliphatic imine (C=N–C) groups is 1. The first-order valence-corrected chi connectivity index (χ1v) is 6.96. The first-order valence-electron chi connectivity index (χ1n) is 6.96. The molecule has 1 aliphatic rings. The molecule has 2 aromatic rings. The van der Waals surface area contributed by atoms with Gasteiger partial charge >= 0.3 is 0 Å². The third-order valence-electron chi connectivity index (χ3n) is 3.37. The number of anilines is 1. The van der Waals surface area contributed by atoms with Gasteiger partial charge in [-0.05, 0) is 38.4 Å². The van der Waals surface area contributed by atoms with Gasteiger partial charge in [0.1, 0.15) is 11.5 Å². The number of hydrogen-bond donors (Lipinski definition) is 0. The van der Waals surface area contributed by atoms with E-state index in [9.17, 15) is 9.18 Å². The second-order valence-corrected chi connectivity index (χ2v) is 5.41. The highest BCUT2D eigenvalue weighted by Crippen LogP contribution is 2.30. The van der Waals surface area contributed by atoms with Gasteiger partial charge in [-0.25, -0.2) is 9.38 Å². The fraction of sp³-hybridized carbons (Fsp3) is 0.176. The summed E-state index contributed by atoms with van der Waals surface area (Å²) < 4.78 is 13.3. The van der Waals surface area contributed by atoms with Crippen molar-refractivity contribution in [2.75, 3.05) is 25.7 Å². The minimum atomic E-state index is -0.370. The second-order valence-electron chi connectivity index (χ2n) is 5.41. The van der Waals surface area contributed by atoms with Crippen molar-refractivity contribution in [1.82, 2.24) is 4.90 Å². The lowest BCUT2D eigenvalue weighted by atomic mass is 10.1. The predicted octanol–water partition coefficient (Wildman–Crippen LogP) is 2.81. The molecular formula is C17H16FN3O. The Labute approximate surface area is 128 Å². The van der Waals surface area contributed by atoms with E-state index in [-0.39, 0.29) is 11.7 Å². The van der Waals surface area contributed by atoms with Crippen molar-refractivity contribution in [3.8, 4) is 0 Å². The highest BCUT2D eigenvalue weighted by atomic mass is 19.1. The Kier molecular flexibility index (Phi) is 3.73. The van der Waals surface area contributed by atoms with Gasteiger partial charge in [0, 0.05) is 5.56 Å². The number of carbonyl (C=O) groups excluding carboxylic acids is 1. The fourth-order valence-corrected chi connectivity index (χ4v) is 2.47. The number of hydrogen-bond acceptors (Lipinski definition) is 3. The van der Waals surface area contributed by atoms with Crippen LogP contribution in [0.5, 0.6) is 0 Å². The molecule has 0 saturated heterocycles. The van der Waals surface area contributed by atoms with Crippen LogP contribution in [0.3, 0.4) is 0 Å². The highest BCUT2D eigenvalue weighted by molar-refractivity contribution is 6.54. The van der Waals surface area contributed by atoms with E-state index in [0.717, 1.165) is 11.3 Å². The van der Waals surface area contributed by atoms with E-state index in [0.29, 0.717) is 18.1 Å². The molecule has 3 rings (SSSR count). The Hall–Kier alpha value is -2.53.